The quantitative estimate of drug-likeness (QED) is 0.187. The number of carbonyl (C=O) groups excluding carboxylic acids is 3. The summed E-state index contributed by atoms with van der Waals surface area (Å²) in [5, 5.41) is 14.3. The van der Waals surface area contributed by atoms with Gasteiger partial charge < -0.3 is 10.6 Å². The highest BCUT2D eigenvalue weighted by Crippen LogP contribution is 2.16. The monoisotopic (exact) mass is 393 g/mol. The van der Waals surface area contributed by atoms with Crippen molar-refractivity contribution >= 4 is 46.4 Å². The summed E-state index contributed by atoms with van der Waals surface area (Å²) in [7, 11) is 1.72. The van der Waals surface area contributed by atoms with Crippen molar-refractivity contribution in [2.45, 2.75) is 32.6 Å². The molecule has 0 saturated heterocycles. The van der Waals surface area contributed by atoms with Gasteiger partial charge in [-0.15, -0.1) is 0 Å². The first-order valence-electron chi connectivity index (χ1n) is 8.73. The minimum atomic E-state index is -0.142. The summed E-state index contributed by atoms with van der Waals surface area (Å²) < 4.78 is 0. The van der Waals surface area contributed by atoms with Crippen LogP contribution in [0.2, 0.25) is 0 Å². The van der Waals surface area contributed by atoms with Gasteiger partial charge in [-0.25, -0.2) is 5.43 Å². The zero-order chi connectivity index (χ0) is 20.1. The number of anilines is 2. The maximum absolute atomic E-state index is 12.0. The molecule has 9 heteroatoms. The first kappa shape index (κ1) is 22.7. The van der Waals surface area contributed by atoms with Crippen molar-refractivity contribution in [1.29, 1.82) is 5.41 Å². The van der Waals surface area contributed by atoms with E-state index in [-0.39, 0.29) is 22.7 Å². The first-order chi connectivity index (χ1) is 13.0. The topological polar surface area (TPSA) is 114 Å². The van der Waals surface area contributed by atoms with Gasteiger partial charge in [-0.1, -0.05) is 18.2 Å². The molecule has 27 heavy (non-hydrogen) atoms. The molecule has 0 unspecified atom stereocenters. The average Bonchev–Trinajstić information content (AvgIpc) is 2.65. The molecule has 148 valence electrons. The zero-order valence-corrected chi connectivity index (χ0v) is 16.5. The van der Waals surface area contributed by atoms with E-state index in [1.807, 2.05) is 12.1 Å². The van der Waals surface area contributed by atoms with Crippen molar-refractivity contribution in [2.24, 2.45) is 0 Å². The van der Waals surface area contributed by atoms with Gasteiger partial charge in [0.15, 0.2) is 5.12 Å². The van der Waals surface area contributed by atoms with E-state index in [2.05, 4.69) is 16.1 Å². The van der Waals surface area contributed by atoms with Crippen LogP contribution in [0.1, 0.15) is 32.6 Å². The summed E-state index contributed by atoms with van der Waals surface area (Å²) in [6, 6.07) is 7.19. The highest BCUT2D eigenvalue weighted by atomic mass is 32.2. The van der Waals surface area contributed by atoms with E-state index in [1.165, 1.54) is 6.92 Å². The average molecular weight is 394 g/mol. The van der Waals surface area contributed by atoms with E-state index in [0.29, 0.717) is 18.7 Å². The van der Waals surface area contributed by atoms with Crippen LogP contribution in [0.3, 0.4) is 0 Å². The molecule has 0 radical (unpaired) electrons. The van der Waals surface area contributed by atoms with E-state index in [9.17, 15) is 14.4 Å². The van der Waals surface area contributed by atoms with Gasteiger partial charge in [0.25, 0.3) is 0 Å². The number of rotatable bonds is 12. The number of hydrazine groups is 1. The van der Waals surface area contributed by atoms with Crippen molar-refractivity contribution in [1.82, 2.24) is 10.7 Å². The fraction of sp³-hybridized carbons (Fsp3) is 0.444. The molecule has 1 aromatic carbocycles. The van der Waals surface area contributed by atoms with Gasteiger partial charge in [0.1, 0.15) is 6.34 Å². The smallest absolute Gasteiger partial charge is 0.230 e. The fourth-order valence-electron chi connectivity index (χ4n) is 2.23. The van der Waals surface area contributed by atoms with Crippen molar-refractivity contribution < 1.29 is 14.4 Å². The minimum absolute atomic E-state index is 0.0535. The number of unbranched alkanes of at least 4 members (excludes halogenated alkanes) is 2. The predicted molar refractivity (Wildman–Crippen MR) is 110 cm³/mol. The van der Waals surface area contributed by atoms with Crippen molar-refractivity contribution in [3.63, 3.8) is 0 Å². The Bertz CT molecular complexity index is 636. The SMILES string of the molecule is CNN(C=N)c1ccc(NC(=O)CCCCCNC(=O)CSC(C)=O)cc1. The number of thioether (sulfide) groups is 1. The summed E-state index contributed by atoms with van der Waals surface area (Å²) >= 11 is 0.996. The molecule has 4 N–H and O–H groups in total. The summed E-state index contributed by atoms with van der Waals surface area (Å²) in [6.45, 7) is 1.99. The molecule has 0 heterocycles. The highest BCUT2D eigenvalue weighted by Gasteiger charge is 2.05. The second-order valence-electron chi connectivity index (χ2n) is 5.76. The molecule has 1 rings (SSSR count). The molecule has 0 atom stereocenters. The van der Waals surface area contributed by atoms with Gasteiger partial charge >= 0.3 is 0 Å². The number of hydrogen-bond acceptors (Lipinski definition) is 6. The molecule has 0 spiro atoms. The lowest BCUT2D eigenvalue weighted by Crippen LogP contribution is -2.33. The molecule has 0 aromatic heterocycles. The van der Waals surface area contributed by atoms with Gasteiger partial charge in [-0.2, -0.15) is 0 Å². The Morgan fingerprint density at radius 2 is 1.81 bits per heavy atom. The van der Waals surface area contributed by atoms with Crippen LogP contribution in [0.5, 0.6) is 0 Å². The molecular weight excluding hydrogens is 366 g/mol. The third-order valence-corrected chi connectivity index (χ3v) is 4.42. The van der Waals surface area contributed by atoms with Crippen molar-refractivity contribution in [2.75, 3.05) is 29.7 Å². The Balaban J connectivity index is 2.18. The van der Waals surface area contributed by atoms with Gasteiger partial charge in [0.2, 0.25) is 11.8 Å². The predicted octanol–water partition coefficient (Wildman–Crippen LogP) is 2.13. The summed E-state index contributed by atoms with van der Waals surface area (Å²) in [5.41, 5.74) is 4.36. The van der Waals surface area contributed by atoms with Crippen LogP contribution >= 0.6 is 11.8 Å². The van der Waals surface area contributed by atoms with Crippen LogP contribution in [-0.2, 0) is 14.4 Å². The largest absolute Gasteiger partial charge is 0.355 e. The Hall–Kier alpha value is -2.39. The Morgan fingerprint density at radius 1 is 1.11 bits per heavy atom. The number of nitrogens with zero attached hydrogens (tertiary/aromatic N) is 1. The van der Waals surface area contributed by atoms with Crippen LogP contribution in [0.25, 0.3) is 0 Å². The van der Waals surface area contributed by atoms with E-state index in [0.717, 1.165) is 43.1 Å². The normalized spacial score (nSPS) is 10.1. The zero-order valence-electron chi connectivity index (χ0n) is 15.7. The van der Waals surface area contributed by atoms with Crippen LogP contribution in [0.15, 0.2) is 24.3 Å². The molecule has 2 amide bonds. The molecule has 0 aliphatic heterocycles. The molecular formula is C18H27N5O3S. The number of amides is 2. The molecule has 0 saturated carbocycles. The molecule has 0 fully saturated rings. The second-order valence-corrected chi connectivity index (χ2v) is 6.91. The van der Waals surface area contributed by atoms with E-state index in [4.69, 9.17) is 5.41 Å². The molecule has 0 bridgehead atoms. The van der Waals surface area contributed by atoms with Gasteiger partial charge in [-0.3, -0.25) is 24.8 Å². The van der Waals surface area contributed by atoms with Gasteiger partial charge in [0.05, 0.1) is 11.4 Å². The maximum Gasteiger partial charge on any atom is 0.230 e. The molecule has 0 aliphatic carbocycles. The van der Waals surface area contributed by atoms with Crippen molar-refractivity contribution in [3.05, 3.63) is 24.3 Å². The van der Waals surface area contributed by atoms with Crippen molar-refractivity contribution in [3.8, 4) is 0 Å². The molecule has 1 aromatic rings. The van der Waals surface area contributed by atoms with Gasteiger partial charge in [0, 0.05) is 32.6 Å². The third kappa shape index (κ3) is 9.76. The first-order valence-corrected chi connectivity index (χ1v) is 9.72. The number of nitrogens with one attached hydrogen (secondary N) is 4. The fourth-order valence-corrected chi connectivity index (χ4v) is 2.67. The summed E-state index contributed by atoms with van der Waals surface area (Å²) in [5.74, 6) is -0.0407. The van der Waals surface area contributed by atoms with Crippen LogP contribution < -0.4 is 21.1 Å². The number of carbonyl (C=O) groups is 3. The Labute approximate surface area is 163 Å². The number of hydrogen-bond donors (Lipinski definition) is 4. The standard InChI is InChI=1S/C18H27N5O3S/c1-14(24)27-12-18(26)21-11-5-3-4-6-17(25)22-15-7-9-16(10-8-15)23(13-19)20-2/h7-10,13,19-20H,3-6,11-12H2,1-2H3,(H,21,26)(H,22,25). The molecule has 8 nitrogen and oxygen atoms in total. The second kappa shape index (κ2) is 12.9. The summed E-state index contributed by atoms with van der Waals surface area (Å²) in [4.78, 5) is 34.2. The van der Waals surface area contributed by atoms with Crippen LogP contribution in [0, 0.1) is 5.41 Å². The van der Waals surface area contributed by atoms with Crippen LogP contribution in [0.4, 0.5) is 11.4 Å². The van der Waals surface area contributed by atoms with Crippen LogP contribution in [-0.4, -0.2) is 42.6 Å². The van der Waals surface area contributed by atoms with E-state index < -0.39 is 0 Å². The molecule has 0 aliphatic rings. The lowest BCUT2D eigenvalue weighted by molar-refractivity contribution is -0.119. The number of benzene rings is 1. The lowest BCUT2D eigenvalue weighted by Gasteiger charge is -2.17. The maximum atomic E-state index is 12.0. The van der Waals surface area contributed by atoms with Gasteiger partial charge in [-0.05, 0) is 37.1 Å². The third-order valence-electron chi connectivity index (χ3n) is 3.61. The Kier molecular flexibility index (Phi) is 10.8. The van der Waals surface area contributed by atoms with E-state index >= 15 is 0 Å². The van der Waals surface area contributed by atoms with E-state index in [1.54, 1.807) is 24.2 Å². The summed E-state index contributed by atoms with van der Waals surface area (Å²) in [6.07, 6.45) is 3.95. The Morgan fingerprint density at radius 3 is 2.41 bits per heavy atom. The minimum Gasteiger partial charge on any atom is -0.355 e. The lowest BCUT2D eigenvalue weighted by atomic mass is 10.2. The highest BCUT2D eigenvalue weighted by molar-refractivity contribution is 8.14.